The lowest BCUT2D eigenvalue weighted by Crippen LogP contribution is -2.77. The van der Waals surface area contributed by atoms with Crippen LogP contribution in [0, 0.1) is 16.2 Å². The number of hydrogen-bond acceptors (Lipinski definition) is 0. The molecule has 0 saturated heterocycles. The van der Waals surface area contributed by atoms with Gasteiger partial charge in [0.15, 0.2) is 0 Å². The highest BCUT2D eigenvalue weighted by Gasteiger charge is 3.04. The Morgan fingerprint density at radius 2 is 0.846 bits per heavy atom. The maximum atomic E-state index is 6.63. The van der Waals surface area contributed by atoms with Crippen molar-refractivity contribution in [3.05, 3.63) is 0 Å². The zero-order valence-electron chi connectivity index (χ0n) is 15.5. The lowest BCUT2D eigenvalue weighted by molar-refractivity contribution is -0.0811. The highest BCUT2D eigenvalue weighted by Crippen LogP contribution is 3.20. The van der Waals surface area contributed by atoms with Crippen LogP contribution in [0.3, 0.4) is 0 Å². The van der Waals surface area contributed by atoms with E-state index in [2.05, 4.69) is 0 Å². The van der Waals surface area contributed by atoms with Crippen molar-refractivity contribution in [2.24, 2.45) is 16.2 Å². The van der Waals surface area contributed by atoms with E-state index in [4.69, 9.17) is 102 Å². The van der Waals surface area contributed by atoms with E-state index in [-0.39, 0.29) is 0 Å². The summed E-state index contributed by atoms with van der Waals surface area (Å²) < 4.78 is 0. The van der Waals surface area contributed by atoms with E-state index in [9.17, 15) is 0 Å². The van der Waals surface area contributed by atoms with Crippen LogP contribution in [0.1, 0.15) is 20.8 Å². The third kappa shape index (κ3) is 1.24. The Morgan fingerprint density at radius 1 is 0.500 bits per heavy atom. The lowest BCUT2D eigenvalue weighted by atomic mass is 8.97. The second-order valence-electron chi connectivity index (χ2n) is 9.77. The summed E-state index contributed by atoms with van der Waals surface area (Å²) in [4.78, 5) is 0. The molecule has 3 rings (SSSR count). The molecule has 0 aliphatic heterocycles. The Labute approximate surface area is 175 Å². The van der Waals surface area contributed by atoms with Gasteiger partial charge in [0.05, 0.1) is 102 Å². The van der Waals surface area contributed by atoms with Gasteiger partial charge in [-0.2, -0.15) is 0 Å². The van der Waals surface area contributed by atoms with Gasteiger partial charge in [0.1, 0.15) is 0 Å². The third-order valence-corrected chi connectivity index (χ3v) is 8.11. The van der Waals surface area contributed by atoms with Gasteiger partial charge in [-0.15, -0.1) is 20.9 Å². The summed E-state index contributed by atoms with van der Waals surface area (Å²) in [5, 5.41) is -13.8. The van der Waals surface area contributed by atoms with Crippen LogP contribution in [0.2, 0.25) is 36.6 Å². The Balaban J connectivity index is 2.56. The van der Waals surface area contributed by atoms with Crippen LogP contribution in [0.25, 0.3) is 0 Å². The molecule has 1 spiro atoms. The van der Waals surface area contributed by atoms with Crippen molar-refractivity contribution in [1.82, 2.24) is 0 Å². The standard InChI is InChI=1S/C13H9B13/c1-4(2,3)8(15,16)6-5(10(19,20)11(6,21)22)7(14,9(5,17)18)13(25,26)12(6,23)24/h1-3H3. The van der Waals surface area contributed by atoms with Gasteiger partial charge in [-0.05, 0) is 5.41 Å². The van der Waals surface area contributed by atoms with Crippen LogP contribution < -0.4 is 0 Å². The molecular formula is C13H9B13. The Morgan fingerprint density at radius 3 is 1.19 bits per heavy atom. The molecule has 3 fully saturated rings. The summed E-state index contributed by atoms with van der Waals surface area (Å²) in [6, 6.07) is 0. The predicted octanol–water partition coefficient (Wildman–Crippen LogP) is -1.91. The molecule has 0 aromatic rings. The molecule has 3 aliphatic rings. The molecule has 0 heterocycles. The quantitative estimate of drug-likeness (QED) is 0.496. The van der Waals surface area contributed by atoms with E-state index in [1.165, 1.54) is 0 Å². The van der Waals surface area contributed by atoms with Crippen molar-refractivity contribution in [3.8, 4) is 0 Å². The van der Waals surface area contributed by atoms with Crippen molar-refractivity contribution in [2.45, 2.75) is 57.4 Å². The molecule has 26 radical (unpaired) electrons. The molecule has 13 heteroatoms. The van der Waals surface area contributed by atoms with E-state index >= 15 is 0 Å². The summed E-state index contributed by atoms with van der Waals surface area (Å²) in [5.41, 5.74) is -4.57. The highest BCUT2D eigenvalue weighted by molar-refractivity contribution is 6.71. The monoisotopic (exact) mass is 308 g/mol. The molecule has 0 aromatic heterocycles. The second-order valence-corrected chi connectivity index (χ2v) is 9.77. The van der Waals surface area contributed by atoms with Crippen LogP contribution >= 0.6 is 0 Å². The Kier molecular flexibility index (Phi) is 3.57. The topological polar surface area (TPSA) is 0 Å². The van der Waals surface area contributed by atoms with E-state index in [0.717, 1.165) is 0 Å². The first-order valence-corrected chi connectivity index (χ1v) is 8.25. The molecule has 0 N–H and O–H groups in total. The summed E-state index contributed by atoms with van der Waals surface area (Å²) in [7, 11) is 83.7. The fourth-order valence-electron chi connectivity index (χ4n) is 6.59. The first-order chi connectivity index (χ1) is 11.0. The maximum Gasteiger partial charge on any atom is 0.0728 e. The van der Waals surface area contributed by atoms with Crippen LogP contribution in [0.5, 0.6) is 0 Å². The molecule has 3 unspecified atom stereocenters. The lowest BCUT2D eigenvalue weighted by Gasteiger charge is -2.89. The van der Waals surface area contributed by atoms with E-state index in [0.29, 0.717) is 0 Å². The minimum atomic E-state index is -2.13. The predicted molar refractivity (Wildman–Crippen MR) is 118 cm³/mol. The molecule has 3 aliphatic carbocycles. The molecule has 0 amide bonds. The molecular weight excluding hydrogens is 297 g/mol. The first kappa shape index (κ1) is 21.6. The van der Waals surface area contributed by atoms with E-state index in [1.807, 2.05) is 0 Å². The maximum absolute atomic E-state index is 6.63. The van der Waals surface area contributed by atoms with Crippen molar-refractivity contribution in [3.63, 3.8) is 0 Å². The molecule has 26 heavy (non-hydrogen) atoms. The average molecular weight is 306 g/mol. The minimum Gasteiger partial charge on any atom is -0.110 e. The van der Waals surface area contributed by atoms with Crippen molar-refractivity contribution < 1.29 is 0 Å². The summed E-state index contributed by atoms with van der Waals surface area (Å²) in [6.07, 6.45) is 0. The minimum absolute atomic E-state index is 0.898. The summed E-state index contributed by atoms with van der Waals surface area (Å²) >= 11 is 0. The van der Waals surface area contributed by atoms with E-state index in [1.54, 1.807) is 20.8 Å². The molecule has 3 saturated carbocycles. The van der Waals surface area contributed by atoms with Crippen LogP contribution in [0.15, 0.2) is 0 Å². The van der Waals surface area contributed by atoms with Crippen molar-refractivity contribution in [1.29, 1.82) is 0 Å². The Hall–Kier alpha value is 0.844. The third-order valence-electron chi connectivity index (χ3n) is 8.11. The van der Waals surface area contributed by atoms with Crippen LogP contribution in [-0.4, -0.2) is 102 Å². The van der Waals surface area contributed by atoms with Crippen LogP contribution in [-0.2, 0) is 0 Å². The SMILES string of the molecule is [B]C1([B])C([B])([B])C2(C([B])([B])C(C)(C)C)C([B])([B])C([B])([B])C23C([B])([B])C13[B]. The van der Waals surface area contributed by atoms with E-state index < -0.39 is 52.8 Å². The smallest absolute Gasteiger partial charge is 0.0728 e. The number of rotatable bonds is 1. The van der Waals surface area contributed by atoms with Gasteiger partial charge < -0.3 is 0 Å². The summed E-state index contributed by atoms with van der Waals surface area (Å²) in [5.74, 6) is 0. The van der Waals surface area contributed by atoms with Gasteiger partial charge in [0.25, 0.3) is 0 Å². The van der Waals surface area contributed by atoms with Crippen molar-refractivity contribution >= 4 is 102 Å². The molecule has 100 valence electrons. The molecule has 0 aromatic carbocycles. The zero-order valence-corrected chi connectivity index (χ0v) is 15.5. The van der Waals surface area contributed by atoms with Crippen molar-refractivity contribution in [2.75, 3.05) is 0 Å². The molecule has 0 nitrogen and oxygen atoms in total. The fourth-order valence-corrected chi connectivity index (χ4v) is 6.59. The van der Waals surface area contributed by atoms with Crippen LogP contribution in [0.4, 0.5) is 0 Å². The molecule has 0 bridgehead atoms. The van der Waals surface area contributed by atoms with Gasteiger partial charge in [-0.3, -0.25) is 0 Å². The van der Waals surface area contributed by atoms with Gasteiger partial charge in [0.2, 0.25) is 0 Å². The Bertz CT molecular complexity index is 691. The molecule has 3 atom stereocenters. The largest absolute Gasteiger partial charge is 0.110 e. The summed E-state index contributed by atoms with van der Waals surface area (Å²) in [6.45, 7) is 5.20. The normalized spacial score (nSPS) is 45.7. The fraction of sp³-hybridized carbons (Fsp3) is 1.00. The van der Waals surface area contributed by atoms with Gasteiger partial charge in [-0.25, -0.2) is 0 Å². The van der Waals surface area contributed by atoms with Gasteiger partial charge in [0, 0.05) is 0 Å². The highest BCUT2D eigenvalue weighted by atomic mass is 15.0. The zero-order chi connectivity index (χ0) is 21.0. The van der Waals surface area contributed by atoms with Gasteiger partial charge in [-0.1, -0.05) is 47.3 Å². The average Bonchev–Trinajstić information content (AvgIpc) is 2.76. The van der Waals surface area contributed by atoms with Gasteiger partial charge >= 0.3 is 0 Å². The first-order valence-electron chi connectivity index (χ1n) is 8.25. The second kappa shape index (κ2) is 4.31. The number of hydrogen-bond donors (Lipinski definition) is 0.